The molecule has 0 unspecified atom stereocenters. The van der Waals surface area contributed by atoms with Crippen molar-refractivity contribution in [3.8, 4) is 5.75 Å². The summed E-state index contributed by atoms with van der Waals surface area (Å²) in [6.45, 7) is 4.72. The summed E-state index contributed by atoms with van der Waals surface area (Å²) in [5.41, 5.74) is 1.58. The lowest BCUT2D eigenvalue weighted by Crippen LogP contribution is -2.49. The molecule has 156 valence electrons. The van der Waals surface area contributed by atoms with E-state index < -0.39 is 6.04 Å². The second kappa shape index (κ2) is 11.2. The predicted octanol–water partition coefficient (Wildman–Crippen LogP) is 3.71. The van der Waals surface area contributed by atoms with Crippen molar-refractivity contribution in [3.05, 3.63) is 65.5 Å². The average Bonchev–Trinajstić information content (AvgIpc) is 2.73. The second-order valence-electron chi connectivity index (χ2n) is 6.89. The summed E-state index contributed by atoms with van der Waals surface area (Å²) >= 11 is 0. The highest BCUT2D eigenvalue weighted by atomic mass is 19.1. The Morgan fingerprint density at radius 2 is 1.83 bits per heavy atom. The Hall–Kier alpha value is -2.89. The monoisotopic (exact) mass is 400 g/mol. The third kappa shape index (κ3) is 6.59. The van der Waals surface area contributed by atoms with Gasteiger partial charge in [0.05, 0.1) is 13.5 Å². The van der Waals surface area contributed by atoms with Gasteiger partial charge in [0.15, 0.2) is 0 Å². The molecule has 0 aromatic heterocycles. The third-order valence-electron chi connectivity index (χ3n) is 4.69. The summed E-state index contributed by atoms with van der Waals surface area (Å²) in [4.78, 5) is 27.5. The number of nitrogens with zero attached hydrogens (tertiary/aromatic N) is 1. The molecule has 0 heterocycles. The molecule has 6 heteroatoms. The average molecular weight is 400 g/mol. The van der Waals surface area contributed by atoms with Crippen LogP contribution in [0.3, 0.4) is 0 Å². The van der Waals surface area contributed by atoms with Gasteiger partial charge < -0.3 is 15.0 Å². The molecule has 0 fully saturated rings. The van der Waals surface area contributed by atoms with Gasteiger partial charge >= 0.3 is 0 Å². The summed E-state index contributed by atoms with van der Waals surface area (Å²) in [6.07, 6.45) is 1.41. The van der Waals surface area contributed by atoms with Crippen molar-refractivity contribution in [2.75, 3.05) is 13.7 Å². The highest BCUT2D eigenvalue weighted by Crippen LogP contribution is 2.18. The Bertz CT molecular complexity index is 808. The largest absolute Gasteiger partial charge is 0.497 e. The lowest BCUT2D eigenvalue weighted by Gasteiger charge is -2.31. The van der Waals surface area contributed by atoms with Gasteiger partial charge in [-0.05, 0) is 48.2 Å². The molecule has 2 rings (SSSR count). The number of nitrogens with one attached hydrogen (secondary N) is 1. The van der Waals surface area contributed by atoms with E-state index in [-0.39, 0.29) is 30.6 Å². The fraction of sp³-hybridized carbons (Fsp3) is 0.391. The summed E-state index contributed by atoms with van der Waals surface area (Å²) in [7, 11) is 1.59. The quantitative estimate of drug-likeness (QED) is 0.661. The third-order valence-corrected chi connectivity index (χ3v) is 4.69. The number of hydrogen-bond acceptors (Lipinski definition) is 3. The van der Waals surface area contributed by atoms with Crippen LogP contribution in [0.1, 0.15) is 37.8 Å². The summed E-state index contributed by atoms with van der Waals surface area (Å²) in [5.74, 6) is -0.000593. The molecule has 5 nitrogen and oxygen atoms in total. The van der Waals surface area contributed by atoms with E-state index in [2.05, 4.69) is 5.32 Å². The fourth-order valence-corrected chi connectivity index (χ4v) is 3.13. The van der Waals surface area contributed by atoms with E-state index in [0.29, 0.717) is 24.3 Å². The maximum atomic E-state index is 13.2. The van der Waals surface area contributed by atoms with Crippen LogP contribution < -0.4 is 10.1 Å². The Labute approximate surface area is 171 Å². The molecule has 2 aromatic rings. The number of carbonyl (C=O) groups excluding carboxylic acids is 2. The number of hydrogen-bond donors (Lipinski definition) is 1. The van der Waals surface area contributed by atoms with Crippen LogP contribution in [0.2, 0.25) is 0 Å². The number of carbonyl (C=O) groups is 2. The number of halogens is 1. The van der Waals surface area contributed by atoms with Crippen molar-refractivity contribution in [2.45, 2.75) is 45.7 Å². The van der Waals surface area contributed by atoms with Gasteiger partial charge in [0.25, 0.3) is 0 Å². The normalized spacial score (nSPS) is 11.6. The van der Waals surface area contributed by atoms with E-state index in [0.717, 1.165) is 12.0 Å². The molecule has 2 aromatic carbocycles. The molecule has 1 N–H and O–H groups in total. The van der Waals surface area contributed by atoms with Gasteiger partial charge in [0, 0.05) is 13.1 Å². The van der Waals surface area contributed by atoms with Crippen molar-refractivity contribution >= 4 is 11.8 Å². The van der Waals surface area contributed by atoms with Crippen LogP contribution in [0.5, 0.6) is 5.75 Å². The first-order valence-electron chi connectivity index (χ1n) is 9.93. The molecular weight excluding hydrogens is 371 g/mol. The van der Waals surface area contributed by atoms with Crippen molar-refractivity contribution in [2.24, 2.45) is 0 Å². The van der Waals surface area contributed by atoms with Crippen molar-refractivity contribution < 1.29 is 18.7 Å². The minimum absolute atomic E-state index is 0.0990. The van der Waals surface area contributed by atoms with E-state index in [9.17, 15) is 14.0 Å². The molecule has 29 heavy (non-hydrogen) atoms. The summed E-state index contributed by atoms with van der Waals surface area (Å²) < 4.78 is 18.5. The van der Waals surface area contributed by atoms with Gasteiger partial charge in [-0.2, -0.15) is 0 Å². The van der Waals surface area contributed by atoms with E-state index in [4.69, 9.17) is 4.74 Å². The smallest absolute Gasteiger partial charge is 0.242 e. The molecule has 0 spiro atoms. The summed E-state index contributed by atoms with van der Waals surface area (Å²) in [6, 6.07) is 12.7. The molecule has 2 amide bonds. The molecule has 0 aliphatic rings. The Balaban J connectivity index is 2.27. The second-order valence-corrected chi connectivity index (χ2v) is 6.89. The van der Waals surface area contributed by atoms with Crippen LogP contribution in [-0.2, 0) is 22.6 Å². The Morgan fingerprint density at radius 3 is 2.45 bits per heavy atom. The first-order valence-corrected chi connectivity index (χ1v) is 9.93. The van der Waals surface area contributed by atoms with E-state index in [1.165, 1.54) is 12.1 Å². The topological polar surface area (TPSA) is 58.6 Å². The number of ether oxygens (including phenoxy) is 1. The molecule has 0 saturated heterocycles. The van der Waals surface area contributed by atoms with Gasteiger partial charge in [-0.25, -0.2) is 4.39 Å². The van der Waals surface area contributed by atoms with E-state index in [1.54, 1.807) is 24.1 Å². The molecule has 1 atom stereocenters. The van der Waals surface area contributed by atoms with Crippen LogP contribution in [0.4, 0.5) is 4.39 Å². The van der Waals surface area contributed by atoms with Crippen LogP contribution in [-0.4, -0.2) is 36.4 Å². The van der Waals surface area contributed by atoms with Gasteiger partial charge in [0.1, 0.15) is 17.6 Å². The highest BCUT2D eigenvalue weighted by molar-refractivity contribution is 5.88. The lowest BCUT2D eigenvalue weighted by atomic mass is 10.1. The number of benzene rings is 2. The SMILES string of the molecule is CCCNC(=O)[C@@H](CC)N(Cc1cccc(OC)c1)C(=O)Cc1ccc(F)cc1. The van der Waals surface area contributed by atoms with Crippen molar-refractivity contribution in [1.82, 2.24) is 10.2 Å². The number of methoxy groups -OCH3 is 1. The Kier molecular flexibility index (Phi) is 8.65. The lowest BCUT2D eigenvalue weighted by molar-refractivity contribution is -0.140. The number of rotatable bonds is 10. The van der Waals surface area contributed by atoms with E-state index >= 15 is 0 Å². The zero-order valence-electron chi connectivity index (χ0n) is 17.3. The van der Waals surface area contributed by atoms with Crippen LogP contribution in [0, 0.1) is 5.82 Å². The van der Waals surface area contributed by atoms with Crippen molar-refractivity contribution in [3.63, 3.8) is 0 Å². The Morgan fingerprint density at radius 1 is 1.10 bits per heavy atom. The highest BCUT2D eigenvalue weighted by Gasteiger charge is 2.28. The maximum Gasteiger partial charge on any atom is 0.242 e. The van der Waals surface area contributed by atoms with Crippen LogP contribution in [0.25, 0.3) is 0 Å². The zero-order valence-corrected chi connectivity index (χ0v) is 17.3. The van der Waals surface area contributed by atoms with Gasteiger partial charge in [-0.3, -0.25) is 9.59 Å². The van der Waals surface area contributed by atoms with Crippen LogP contribution >= 0.6 is 0 Å². The van der Waals surface area contributed by atoms with E-state index in [1.807, 2.05) is 38.1 Å². The van der Waals surface area contributed by atoms with Gasteiger partial charge in [-0.15, -0.1) is 0 Å². The molecule has 0 bridgehead atoms. The fourth-order valence-electron chi connectivity index (χ4n) is 3.13. The molecule has 0 aliphatic carbocycles. The standard InChI is InChI=1S/C23H29FN2O3/c1-4-13-25-23(28)21(5-2)26(16-18-7-6-8-20(14-18)29-3)22(27)15-17-9-11-19(24)12-10-17/h6-12,14,21H,4-5,13,15-16H2,1-3H3,(H,25,28)/t21-/m1/s1. The van der Waals surface area contributed by atoms with Crippen molar-refractivity contribution in [1.29, 1.82) is 0 Å². The van der Waals surface area contributed by atoms with Crippen LogP contribution in [0.15, 0.2) is 48.5 Å². The van der Waals surface area contributed by atoms with Gasteiger partial charge in [-0.1, -0.05) is 38.1 Å². The maximum absolute atomic E-state index is 13.2. The molecule has 0 radical (unpaired) electrons. The molecule has 0 saturated carbocycles. The minimum atomic E-state index is -0.583. The van der Waals surface area contributed by atoms with Gasteiger partial charge in [0.2, 0.25) is 11.8 Å². The first kappa shape index (κ1) is 22.4. The summed E-state index contributed by atoms with van der Waals surface area (Å²) in [5, 5.41) is 2.89. The molecular formula is C23H29FN2O3. The number of amides is 2. The molecule has 0 aliphatic heterocycles. The first-order chi connectivity index (χ1) is 14.0. The zero-order chi connectivity index (χ0) is 21.2. The minimum Gasteiger partial charge on any atom is -0.497 e. The predicted molar refractivity (Wildman–Crippen MR) is 111 cm³/mol.